The van der Waals surface area contributed by atoms with Crippen molar-refractivity contribution in [3.8, 4) is 0 Å². The highest BCUT2D eigenvalue weighted by atomic mass is 19.1. The minimum Gasteiger partial charge on any atom is -0.368 e. The number of nitrogens with zero attached hydrogens (tertiary/aromatic N) is 5. The fourth-order valence-corrected chi connectivity index (χ4v) is 3.64. The van der Waals surface area contributed by atoms with E-state index < -0.39 is 0 Å². The fraction of sp³-hybridized carbons (Fsp3) is 0.476. The number of hydrogen-bond donors (Lipinski definition) is 1. The predicted molar refractivity (Wildman–Crippen MR) is 110 cm³/mol. The molecule has 6 nitrogen and oxygen atoms in total. The van der Waals surface area contributed by atoms with Crippen LogP contribution in [0.5, 0.6) is 0 Å². The highest BCUT2D eigenvalue weighted by molar-refractivity contribution is 5.84. The summed E-state index contributed by atoms with van der Waals surface area (Å²) in [5.74, 6) is 1.98. The van der Waals surface area contributed by atoms with E-state index in [2.05, 4.69) is 40.5 Å². The number of hydrogen-bond acceptors (Lipinski definition) is 5. The van der Waals surface area contributed by atoms with Crippen molar-refractivity contribution in [2.75, 3.05) is 29.9 Å². The zero-order valence-corrected chi connectivity index (χ0v) is 16.7. The van der Waals surface area contributed by atoms with Gasteiger partial charge in [-0.25, -0.2) is 9.37 Å². The second kappa shape index (κ2) is 7.73. The maximum absolute atomic E-state index is 13.1. The summed E-state index contributed by atoms with van der Waals surface area (Å²) in [6.07, 6.45) is 3.79. The Morgan fingerprint density at radius 3 is 2.68 bits per heavy atom. The molecule has 0 amide bonds. The zero-order valence-electron chi connectivity index (χ0n) is 16.7. The molecule has 3 heterocycles. The highest BCUT2D eigenvalue weighted by Gasteiger charge is 2.23. The van der Waals surface area contributed by atoms with Gasteiger partial charge in [0.1, 0.15) is 5.82 Å². The maximum atomic E-state index is 13.1. The first kappa shape index (κ1) is 18.7. The first-order valence-electron chi connectivity index (χ1n) is 9.99. The predicted octanol–water partition coefficient (Wildman–Crippen LogP) is 4.05. The number of benzene rings is 1. The number of nitrogens with one attached hydrogen (secondary N) is 1. The van der Waals surface area contributed by atoms with E-state index >= 15 is 0 Å². The van der Waals surface area contributed by atoms with Gasteiger partial charge in [-0.05, 0) is 50.3 Å². The molecule has 2 aromatic heterocycles. The SMILES string of the molecule is CC1CCN(c2nc(NCCc3ccc(F)cc3)c3ncn(C(C)C)c3n2)C1. The number of rotatable bonds is 6. The number of halogens is 1. The number of anilines is 2. The summed E-state index contributed by atoms with van der Waals surface area (Å²) in [6, 6.07) is 6.90. The maximum Gasteiger partial charge on any atom is 0.229 e. The Bertz CT molecular complexity index is 949. The van der Waals surface area contributed by atoms with Crippen LogP contribution in [0.25, 0.3) is 11.2 Å². The molecule has 1 N–H and O–H groups in total. The molecule has 0 radical (unpaired) electrons. The number of imidazole rings is 1. The first-order chi connectivity index (χ1) is 13.5. The Morgan fingerprint density at radius 2 is 2.00 bits per heavy atom. The molecule has 1 unspecified atom stereocenters. The largest absolute Gasteiger partial charge is 0.368 e. The van der Waals surface area contributed by atoms with Crippen molar-refractivity contribution in [3.05, 3.63) is 42.0 Å². The molecule has 3 aromatic rings. The lowest BCUT2D eigenvalue weighted by Crippen LogP contribution is -2.22. The van der Waals surface area contributed by atoms with Gasteiger partial charge in [-0.2, -0.15) is 9.97 Å². The Labute approximate surface area is 164 Å². The molecular weight excluding hydrogens is 355 g/mol. The van der Waals surface area contributed by atoms with Gasteiger partial charge < -0.3 is 14.8 Å². The molecule has 0 aliphatic carbocycles. The molecule has 28 heavy (non-hydrogen) atoms. The molecule has 0 bridgehead atoms. The van der Waals surface area contributed by atoms with Crippen LogP contribution in [-0.2, 0) is 6.42 Å². The summed E-state index contributed by atoms with van der Waals surface area (Å²) >= 11 is 0. The van der Waals surface area contributed by atoms with Gasteiger partial charge in [-0.15, -0.1) is 0 Å². The van der Waals surface area contributed by atoms with E-state index in [1.165, 1.54) is 12.1 Å². The van der Waals surface area contributed by atoms with Gasteiger partial charge in [0, 0.05) is 25.7 Å². The molecule has 1 saturated heterocycles. The van der Waals surface area contributed by atoms with E-state index in [4.69, 9.17) is 9.97 Å². The van der Waals surface area contributed by atoms with Crippen LogP contribution in [-0.4, -0.2) is 39.2 Å². The van der Waals surface area contributed by atoms with E-state index in [9.17, 15) is 4.39 Å². The molecule has 7 heteroatoms. The Balaban J connectivity index is 1.60. The van der Waals surface area contributed by atoms with Gasteiger partial charge in [0.05, 0.1) is 6.33 Å². The standard InChI is InChI=1S/C21H27FN6/c1-14(2)28-13-24-18-19(23-10-8-16-4-6-17(22)7-5-16)25-21(26-20(18)28)27-11-9-15(3)12-27/h4-7,13-15H,8-12H2,1-3H3,(H,23,25,26). The Kier molecular flexibility index (Phi) is 5.15. The number of aromatic nitrogens is 4. The van der Waals surface area contributed by atoms with Crippen molar-refractivity contribution < 1.29 is 4.39 Å². The van der Waals surface area contributed by atoms with Crippen molar-refractivity contribution in [1.29, 1.82) is 0 Å². The lowest BCUT2D eigenvalue weighted by atomic mass is 10.1. The molecule has 0 saturated carbocycles. The molecule has 1 atom stereocenters. The molecule has 4 rings (SSSR count). The molecular formula is C21H27FN6. The van der Waals surface area contributed by atoms with E-state index in [0.717, 1.165) is 54.4 Å². The summed E-state index contributed by atoms with van der Waals surface area (Å²) in [5.41, 5.74) is 2.74. The highest BCUT2D eigenvalue weighted by Crippen LogP contribution is 2.27. The molecule has 1 aliphatic rings. The molecule has 1 aromatic carbocycles. The zero-order chi connectivity index (χ0) is 19.7. The third-order valence-corrected chi connectivity index (χ3v) is 5.29. The molecule has 1 fully saturated rings. The quantitative estimate of drug-likeness (QED) is 0.697. The summed E-state index contributed by atoms with van der Waals surface area (Å²) in [4.78, 5) is 16.5. The van der Waals surface area contributed by atoms with Gasteiger partial charge in [0.2, 0.25) is 5.95 Å². The summed E-state index contributed by atoms with van der Waals surface area (Å²) in [5, 5.41) is 3.43. The monoisotopic (exact) mass is 382 g/mol. The van der Waals surface area contributed by atoms with Crippen LogP contribution < -0.4 is 10.2 Å². The number of fused-ring (bicyclic) bond motifs is 1. The van der Waals surface area contributed by atoms with Gasteiger partial charge in [-0.1, -0.05) is 19.1 Å². The van der Waals surface area contributed by atoms with Crippen molar-refractivity contribution >= 4 is 22.9 Å². The van der Waals surface area contributed by atoms with Gasteiger partial charge in [-0.3, -0.25) is 0 Å². The minimum atomic E-state index is -0.210. The Morgan fingerprint density at radius 1 is 1.21 bits per heavy atom. The van der Waals surface area contributed by atoms with Crippen LogP contribution >= 0.6 is 0 Å². The fourth-order valence-electron chi connectivity index (χ4n) is 3.64. The first-order valence-corrected chi connectivity index (χ1v) is 9.99. The second-order valence-corrected chi connectivity index (χ2v) is 7.93. The third-order valence-electron chi connectivity index (χ3n) is 5.29. The summed E-state index contributed by atoms with van der Waals surface area (Å²) in [7, 11) is 0. The van der Waals surface area contributed by atoms with E-state index in [1.807, 2.05) is 18.5 Å². The van der Waals surface area contributed by atoms with Crippen LogP contribution in [0.2, 0.25) is 0 Å². The van der Waals surface area contributed by atoms with Crippen molar-refractivity contribution in [3.63, 3.8) is 0 Å². The molecule has 0 spiro atoms. The summed E-state index contributed by atoms with van der Waals surface area (Å²) in [6.45, 7) is 9.18. The minimum absolute atomic E-state index is 0.210. The normalized spacial score (nSPS) is 17.0. The summed E-state index contributed by atoms with van der Waals surface area (Å²) < 4.78 is 15.2. The average Bonchev–Trinajstić information content (AvgIpc) is 3.29. The van der Waals surface area contributed by atoms with Crippen molar-refractivity contribution in [1.82, 2.24) is 19.5 Å². The lowest BCUT2D eigenvalue weighted by molar-refractivity contribution is 0.612. The van der Waals surface area contributed by atoms with Gasteiger partial charge in [0.15, 0.2) is 17.0 Å². The molecule has 148 valence electrons. The topological polar surface area (TPSA) is 58.9 Å². The third kappa shape index (κ3) is 3.79. The van der Waals surface area contributed by atoms with Crippen LogP contribution in [0.15, 0.2) is 30.6 Å². The van der Waals surface area contributed by atoms with Gasteiger partial charge >= 0.3 is 0 Å². The van der Waals surface area contributed by atoms with E-state index in [0.29, 0.717) is 12.5 Å². The van der Waals surface area contributed by atoms with Crippen LogP contribution in [0.3, 0.4) is 0 Å². The van der Waals surface area contributed by atoms with Crippen molar-refractivity contribution in [2.24, 2.45) is 5.92 Å². The van der Waals surface area contributed by atoms with E-state index in [-0.39, 0.29) is 11.9 Å². The van der Waals surface area contributed by atoms with Crippen LogP contribution in [0.1, 0.15) is 38.8 Å². The second-order valence-electron chi connectivity index (χ2n) is 7.93. The Hall–Kier alpha value is -2.70. The van der Waals surface area contributed by atoms with Crippen LogP contribution in [0.4, 0.5) is 16.2 Å². The van der Waals surface area contributed by atoms with Crippen molar-refractivity contribution in [2.45, 2.75) is 39.7 Å². The lowest BCUT2D eigenvalue weighted by Gasteiger charge is -2.18. The molecule has 1 aliphatic heterocycles. The smallest absolute Gasteiger partial charge is 0.229 e. The average molecular weight is 382 g/mol. The van der Waals surface area contributed by atoms with Crippen LogP contribution in [0, 0.1) is 11.7 Å². The van der Waals surface area contributed by atoms with Gasteiger partial charge in [0.25, 0.3) is 0 Å². The van der Waals surface area contributed by atoms with E-state index in [1.54, 1.807) is 0 Å².